The predicted molar refractivity (Wildman–Crippen MR) is 141 cm³/mol. The number of carbonyl (C=O) groups excluding carboxylic acids is 1. The van der Waals surface area contributed by atoms with Gasteiger partial charge >= 0.3 is 0 Å². The summed E-state index contributed by atoms with van der Waals surface area (Å²) in [6, 6.07) is 6.82. The number of nitrogens with one attached hydrogen (secondary N) is 3. The van der Waals surface area contributed by atoms with Gasteiger partial charge in [0.05, 0.1) is 19.3 Å². The van der Waals surface area contributed by atoms with Crippen LogP contribution in [-0.4, -0.2) is 53.8 Å². The number of halogens is 1. The van der Waals surface area contributed by atoms with Crippen molar-refractivity contribution in [3.8, 4) is 6.07 Å². The van der Waals surface area contributed by atoms with Crippen molar-refractivity contribution < 1.29 is 4.79 Å². The van der Waals surface area contributed by atoms with Crippen molar-refractivity contribution in [3.63, 3.8) is 0 Å². The highest BCUT2D eigenvalue weighted by molar-refractivity contribution is 6.31. The maximum Gasteiger partial charge on any atom is 0.251 e. The van der Waals surface area contributed by atoms with Crippen molar-refractivity contribution in [1.82, 2.24) is 20.1 Å². The Morgan fingerprint density at radius 2 is 2.00 bits per heavy atom. The molecular weight excluding hydrogens is 451 g/mol. The van der Waals surface area contributed by atoms with E-state index in [9.17, 15) is 10.1 Å². The lowest BCUT2D eigenvalue weighted by molar-refractivity contribution is 0.0939. The van der Waals surface area contributed by atoms with Gasteiger partial charge in [0, 0.05) is 36.3 Å². The van der Waals surface area contributed by atoms with Gasteiger partial charge in [-0.05, 0) is 51.5 Å². The highest BCUT2D eigenvalue weighted by atomic mass is 35.5. The van der Waals surface area contributed by atoms with Crippen molar-refractivity contribution in [2.24, 2.45) is 4.99 Å². The van der Waals surface area contributed by atoms with Crippen LogP contribution in [0.1, 0.15) is 63.3 Å². The quantitative estimate of drug-likeness (QED) is 0.320. The summed E-state index contributed by atoms with van der Waals surface area (Å²) in [6.45, 7) is 12.6. The lowest BCUT2D eigenvalue weighted by Gasteiger charge is -2.18. The number of carbonyl (C=O) groups is 1. The van der Waals surface area contributed by atoms with E-state index >= 15 is 0 Å². The second kappa shape index (κ2) is 14.9. The van der Waals surface area contributed by atoms with Gasteiger partial charge in [-0.15, -0.1) is 5.10 Å². The molecule has 0 unspecified atom stereocenters. The molecule has 0 fully saturated rings. The third-order valence-electron chi connectivity index (χ3n) is 4.38. The topological polar surface area (TPSA) is 132 Å². The van der Waals surface area contributed by atoms with E-state index < -0.39 is 5.41 Å². The average molecular weight is 485 g/mol. The number of rotatable bonds is 6. The lowest BCUT2D eigenvalue weighted by Crippen LogP contribution is -2.35. The Bertz CT molecular complexity index is 1030. The van der Waals surface area contributed by atoms with Crippen LogP contribution in [0.15, 0.2) is 23.2 Å². The second-order valence-corrected chi connectivity index (χ2v) is 7.70. The van der Waals surface area contributed by atoms with Gasteiger partial charge in [-0.1, -0.05) is 32.3 Å². The fourth-order valence-electron chi connectivity index (χ4n) is 2.71. The molecule has 0 saturated carbocycles. The third-order valence-corrected chi connectivity index (χ3v) is 4.60. The molecule has 182 valence electrons. The summed E-state index contributed by atoms with van der Waals surface area (Å²) < 4.78 is 1.32. The Balaban J connectivity index is 0.00000258. The largest absolute Gasteiger partial charge is 0.356 e. The number of amides is 1. The summed E-state index contributed by atoms with van der Waals surface area (Å²) in [5.74, 6) is 0.456. The van der Waals surface area contributed by atoms with Crippen molar-refractivity contribution >= 4 is 43.5 Å². The van der Waals surface area contributed by atoms with Gasteiger partial charge in [0.1, 0.15) is 5.82 Å². The van der Waals surface area contributed by atoms with Crippen molar-refractivity contribution in [2.45, 2.75) is 66.2 Å². The van der Waals surface area contributed by atoms with E-state index in [1.165, 1.54) is 17.7 Å². The zero-order chi connectivity index (χ0) is 26.5. The van der Waals surface area contributed by atoms with Crippen LogP contribution < -0.4 is 10.6 Å². The Hall–Kier alpha value is -3.19. The molecule has 0 aliphatic carbocycles. The molecule has 1 aromatic heterocycles. The van der Waals surface area contributed by atoms with Crippen LogP contribution in [0.5, 0.6) is 0 Å². The molecule has 1 amide bonds. The Morgan fingerprint density at radius 3 is 2.53 bits per heavy atom. The lowest BCUT2D eigenvalue weighted by atomic mass is 9.85. The van der Waals surface area contributed by atoms with Gasteiger partial charge in [0.25, 0.3) is 5.91 Å². The molecule has 0 spiro atoms. The Morgan fingerprint density at radius 1 is 1.38 bits per heavy atom. The molecule has 0 aliphatic rings. The van der Waals surface area contributed by atoms with Crippen LogP contribution in [0.4, 0.5) is 5.95 Å². The van der Waals surface area contributed by atoms with Crippen LogP contribution in [0.2, 0.25) is 11.8 Å². The van der Waals surface area contributed by atoms with E-state index in [2.05, 4.69) is 39.6 Å². The van der Waals surface area contributed by atoms with Gasteiger partial charge in [-0.25, -0.2) is 4.99 Å². The van der Waals surface area contributed by atoms with E-state index in [1.54, 1.807) is 46.0 Å². The summed E-state index contributed by atoms with van der Waals surface area (Å²) >= 11 is 6.17. The molecule has 1 atom stereocenters. The first kappa shape index (κ1) is 30.8. The molecule has 0 aliphatic heterocycles. The van der Waals surface area contributed by atoms with E-state index in [-0.39, 0.29) is 17.9 Å². The predicted octanol–water partition coefficient (Wildman–Crippen LogP) is 4.24. The van der Waals surface area contributed by atoms with Gasteiger partial charge in [-0.3, -0.25) is 10.2 Å². The zero-order valence-corrected chi connectivity index (χ0v) is 21.9. The summed E-state index contributed by atoms with van der Waals surface area (Å²) in [5, 5.41) is 27.7. The number of hydrogen-bond acceptors (Lipinski definition) is 6. The molecule has 2 radical (unpaired) electrons. The number of aromatic nitrogens is 3. The van der Waals surface area contributed by atoms with E-state index in [0.29, 0.717) is 34.3 Å². The minimum Gasteiger partial charge on any atom is -0.356 e. The number of aliphatic imine (C=N–C) groups is 1. The molecule has 2 rings (SSSR count). The van der Waals surface area contributed by atoms with E-state index in [1.807, 2.05) is 20.8 Å². The third kappa shape index (κ3) is 8.63. The van der Waals surface area contributed by atoms with Crippen molar-refractivity contribution in [2.75, 3.05) is 12.4 Å². The average Bonchev–Trinajstić information content (AvgIpc) is 3.24. The van der Waals surface area contributed by atoms with Crippen LogP contribution in [0.3, 0.4) is 0 Å². The summed E-state index contributed by atoms with van der Waals surface area (Å²) in [7, 11) is 6.18. The minimum atomic E-state index is -0.772. The fraction of sp³-hybridized carbons (Fsp3) is 0.478. The SMILES string of the molecule is C/C=N\C(=N)n1nc(NC)nc1C[C@H](C)NC(=O)c1cc(Cl)cc(C(C)(C)C#N)c1.CC.[B]C. The van der Waals surface area contributed by atoms with Gasteiger partial charge < -0.3 is 10.6 Å². The number of nitriles is 1. The summed E-state index contributed by atoms with van der Waals surface area (Å²) in [6.07, 6.45) is 1.83. The molecule has 1 aromatic carbocycles. The Labute approximate surface area is 208 Å². The summed E-state index contributed by atoms with van der Waals surface area (Å²) in [5.41, 5.74) is 0.263. The van der Waals surface area contributed by atoms with E-state index in [4.69, 9.17) is 17.0 Å². The molecule has 11 heteroatoms. The van der Waals surface area contributed by atoms with Crippen LogP contribution in [0.25, 0.3) is 0 Å². The number of benzene rings is 1. The van der Waals surface area contributed by atoms with Crippen molar-refractivity contribution in [3.05, 3.63) is 40.2 Å². The molecule has 9 nitrogen and oxygen atoms in total. The minimum absolute atomic E-state index is 0.0711. The Kier molecular flexibility index (Phi) is 13.5. The number of nitrogens with zero attached hydrogens (tertiary/aromatic N) is 5. The zero-order valence-electron chi connectivity index (χ0n) is 21.2. The maximum atomic E-state index is 12.8. The second-order valence-electron chi connectivity index (χ2n) is 7.27. The van der Waals surface area contributed by atoms with E-state index in [0.717, 1.165) is 0 Å². The molecule has 3 N–H and O–H groups in total. The van der Waals surface area contributed by atoms with Crippen LogP contribution >= 0.6 is 11.6 Å². The smallest absolute Gasteiger partial charge is 0.251 e. The van der Waals surface area contributed by atoms with Crippen LogP contribution in [-0.2, 0) is 11.8 Å². The molecule has 1 heterocycles. The monoisotopic (exact) mass is 484 g/mol. The van der Waals surface area contributed by atoms with Gasteiger partial charge in [0.15, 0.2) is 0 Å². The fourth-order valence-corrected chi connectivity index (χ4v) is 2.94. The highest BCUT2D eigenvalue weighted by Gasteiger charge is 2.23. The maximum absolute atomic E-state index is 12.8. The molecular formula is C23H34BClN8O. The number of hydrogen-bond donors (Lipinski definition) is 3. The highest BCUT2D eigenvalue weighted by Crippen LogP contribution is 2.26. The molecule has 0 bridgehead atoms. The number of anilines is 1. The van der Waals surface area contributed by atoms with Gasteiger partial charge in [-0.2, -0.15) is 14.9 Å². The van der Waals surface area contributed by atoms with Crippen LogP contribution in [0, 0.1) is 16.7 Å². The van der Waals surface area contributed by atoms with Crippen molar-refractivity contribution in [1.29, 1.82) is 10.7 Å². The molecule has 0 saturated heterocycles. The van der Waals surface area contributed by atoms with Gasteiger partial charge in [0.2, 0.25) is 11.9 Å². The summed E-state index contributed by atoms with van der Waals surface area (Å²) in [4.78, 5) is 21.0. The first-order valence-corrected chi connectivity index (χ1v) is 11.3. The molecule has 34 heavy (non-hydrogen) atoms. The first-order chi connectivity index (χ1) is 16.1. The normalized spacial score (nSPS) is 11.3. The molecule has 2 aromatic rings. The standard InChI is InChI=1S/C20H25ClN8O.C2H6.CH3B/c1-6-25-18(23)29-16(27-19(24-5)28-29)7-12(2)26-17(30)13-8-14(10-15(21)9-13)20(3,4)11-22;2*1-2/h6,8-10,12,23H,7H2,1-5H3,(H,24,28)(H,26,30);1-2H3;1H3/b23-18?,25-6-;;/t12-;;/m0../s1. The first-order valence-electron chi connectivity index (χ1n) is 10.9.